The van der Waals surface area contributed by atoms with E-state index in [9.17, 15) is 4.79 Å². The molecule has 1 aromatic heterocycles. The number of hydrogen-bond donors (Lipinski definition) is 0. The van der Waals surface area contributed by atoms with Crippen LogP contribution in [-0.2, 0) is 20.7 Å². The number of benzene rings is 1. The summed E-state index contributed by atoms with van der Waals surface area (Å²) in [7, 11) is 1.53. The Hall–Kier alpha value is -2.08. The van der Waals surface area contributed by atoms with Crippen molar-refractivity contribution < 1.29 is 23.5 Å². The van der Waals surface area contributed by atoms with Gasteiger partial charge in [-0.25, -0.2) is 0 Å². The van der Waals surface area contributed by atoms with Crippen LogP contribution in [-0.4, -0.2) is 31.6 Å². The number of para-hydroxylation sites is 1. The number of esters is 1. The molecule has 0 radical (unpaired) electrons. The Morgan fingerprint density at radius 1 is 1.42 bits per heavy atom. The van der Waals surface area contributed by atoms with Crippen molar-refractivity contribution in [2.75, 3.05) is 20.5 Å². The van der Waals surface area contributed by atoms with E-state index >= 15 is 0 Å². The van der Waals surface area contributed by atoms with E-state index < -0.39 is 0 Å². The first-order chi connectivity index (χ1) is 9.26. The number of hydrogen-bond acceptors (Lipinski definition) is 6. The number of carbonyl (C=O) groups is 1. The number of rotatable bonds is 6. The van der Waals surface area contributed by atoms with Gasteiger partial charge in [0.2, 0.25) is 5.58 Å². The normalized spacial score (nSPS) is 10.6. The topological polar surface area (TPSA) is 70.8 Å². The lowest BCUT2D eigenvalue weighted by Gasteiger charge is -2.03. The molecular formula is C13H15NO5. The molecule has 0 amide bonds. The second-order valence-electron chi connectivity index (χ2n) is 3.79. The summed E-state index contributed by atoms with van der Waals surface area (Å²) in [6, 6.07) is 5.37. The summed E-state index contributed by atoms with van der Waals surface area (Å²) in [5, 5.41) is 4.63. The van der Waals surface area contributed by atoms with Gasteiger partial charge in [0.1, 0.15) is 5.69 Å². The maximum atomic E-state index is 11.5. The maximum Gasteiger partial charge on any atom is 0.312 e. The van der Waals surface area contributed by atoms with E-state index in [1.165, 1.54) is 7.11 Å². The molecule has 0 unspecified atom stereocenters. The SMILES string of the molecule is CCOC(=O)Cc1noc2c(OCOC)cccc12. The fourth-order valence-electron chi connectivity index (χ4n) is 1.70. The van der Waals surface area contributed by atoms with Crippen molar-refractivity contribution in [3.05, 3.63) is 23.9 Å². The van der Waals surface area contributed by atoms with E-state index in [0.29, 0.717) is 23.6 Å². The molecule has 2 rings (SSSR count). The predicted molar refractivity (Wildman–Crippen MR) is 66.9 cm³/mol. The van der Waals surface area contributed by atoms with Crippen LogP contribution in [0.15, 0.2) is 22.7 Å². The molecule has 19 heavy (non-hydrogen) atoms. The highest BCUT2D eigenvalue weighted by molar-refractivity contribution is 5.87. The fourth-order valence-corrected chi connectivity index (χ4v) is 1.70. The van der Waals surface area contributed by atoms with Crippen LogP contribution in [0.4, 0.5) is 0 Å². The minimum Gasteiger partial charge on any atom is -0.466 e. The lowest BCUT2D eigenvalue weighted by atomic mass is 10.1. The van der Waals surface area contributed by atoms with Gasteiger partial charge in [0.25, 0.3) is 0 Å². The number of aromatic nitrogens is 1. The average molecular weight is 265 g/mol. The Kier molecular flexibility index (Phi) is 4.35. The Morgan fingerprint density at radius 3 is 3.00 bits per heavy atom. The van der Waals surface area contributed by atoms with Crippen LogP contribution in [0.1, 0.15) is 12.6 Å². The quantitative estimate of drug-likeness (QED) is 0.587. The summed E-state index contributed by atoms with van der Waals surface area (Å²) in [4.78, 5) is 11.5. The summed E-state index contributed by atoms with van der Waals surface area (Å²) in [5.74, 6) is 0.197. The molecule has 0 bridgehead atoms. The Morgan fingerprint density at radius 2 is 2.26 bits per heavy atom. The number of nitrogens with zero attached hydrogens (tertiary/aromatic N) is 1. The molecule has 2 aromatic rings. The van der Waals surface area contributed by atoms with Crippen molar-refractivity contribution in [1.29, 1.82) is 0 Å². The molecule has 0 aliphatic heterocycles. The van der Waals surface area contributed by atoms with Gasteiger partial charge >= 0.3 is 5.97 Å². The first kappa shape index (κ1) is 13.4. The second kappa shape index (κ2) is 6.19. The van der Waals surface area contributed by atoms with Crippen molar-refractivity contribution in [3.63, 3.8) is 0 Å². The van der Waals surface area contributed by atoms with Crippen LogP contribution >= 0.6 is 0 Å². The van der Waals surface area contributed by atoms with Crippen molar-refractivity contribution in [3.8, 4) is 5.75 Å². The minimum atomic E-state index is -0.332. The lowest BCUT2D eigenvalue weighted by molar-refractivity contribution is -0.142. The van der Waals surface area contributed by atoms with Gasteiger partial charge in [0.15, 0.2) is 12.5 Å². The molecule has 0 spiro atoms. The zero-order chi connectivity index (χ0) is 13.7. The molecule has 0 saturated carbocycles. The smallest absolute Gasteiger partial charge is 0.312 e. The summed E-state index contributed by atoms with van der Waals surface area (Å²) in [6.07, 6.45) is 0.0779. The number of ether oxygens (including phenoxy) is 3. The van der Waals surface area contributed by atoms with Gasteiger partial charge in [0.05, 0.1) is 13.0 Å². The first-order valence-electron chi connectivity index (χ1n) is 5.91. The van der Waals surface area contributed by atoms with E-state index in [0.717, 1.165) is 5.39 Å². The molecular weight excluding hydrogens is 250 g/mol. The van der Waals surface area contributed by atoms with Gasteiger partial charge < -0.3 is 18.7 Å². The van der Waals surface area contributed by atoms with Crippen molar-refractivity contribution in [2.24, 2.45) is 0 Å². The van der Waals surface area contributed by atoms with E-state index in [1.54, 1.807) is 19.1 Å². The largest absolute Gasteiger partial charge is 0.466 e. The molecule has 1 heterocycles. The maximum absolute atomic E-state index is 11.5. The molecule has 0 aliphatic carbocycles. The minimum absolute atomic E-state index is 0.0779. The van der Waals surface area contributed by atoms with E-state index in [-0.39, 0.29) is 19.2 Å². The van der Waals surface area contributed by atoms with Crippen molar-refractivity contribution in [1.82, 2.24) is 5.16 Å². The zero-order valence-electron chi connectivity index (χ0n) is 10.8. The highest BCUT2D eigenvalue weighted by Crippen LogP contribution is 2.28. The van der Waals surface area contributed by atoms with Gasteiger partial charge in [-0.15, -0.1) is 0 Å². The van der Waals surface area contributed by atoms with Gasteiger partial charge in [-0.1, -0.05) is 11.2 Å². The van der Waals surface area contributed by atoms with Crippen LogP contribution in [0, 0.1) is 0 Å². The summed E-state index contributed by atoms with van der Waals surface area (Å²) < 4.78 is 20.3. The van der Waals surface area contributed by atoms with Crippen LogP contribution in [0.3, 0.4) is 0 Å². The van der Waals surface area contributed by atoms with Crippen LogP contribution in [0.25, 0.3) is 11.0 Å². The standard InChI is InChI=1S/C13H15NO5/c1-3-17-12(15)7-10-9-5-4-6-11(18-8-16-2)13(9)19-14-10/h4-6H,3,7-8H2,1-2H3. The number of methoxy groups -OCH3 is 1. The van der Waals surface area contributed by atoms with Gasteiger partial charge in [0, 0.05) is 12.5 Å². The zero-order valence-corrected chi connectivity index (χ0v) is 10.8. The molecule has 0 aliphatic rings. The van der Waals surface area contributed by atoms with Gasteiger partial charge in [-0.2, -0.15) is 0 Å². The van der Waals surface area contributed by atoms with Crippen LogP contribution < -0.4 is 4.74 Å². The first-order valence-corrected chi connectivity index (χ1v) is 5.91. The third kappa shape index (κ3) is 3.03. The number of carbonyl (C=O) groups excluding carboxylic acids is 1. The molecule has 6 heteroatoms. The van der Waals surface area contributed by atoms with Crippen LogP contribution in [0.2, 0.25) is 0 Å². The molecule has 102 valence electrons. The fraction of sp³-hybridized carbons (Fsp3) is 0.385. The molecule has 0 atom stereocenters. The Balaban J connectivity index is 2.25. The third-order valence-electron chi connectivity index (χ3n) is 2.49. The lowest BCUT2D eigenvalue weighted by Crippen LogP contribution is -2.07. The monoisotopic (exact) mass is 265 g/mol. The van der Waals surface area contributed by atoms with E-state index in [1.807, 2.05) is 6.07 Å². The third-order valence-corrected chi connectivity index (χ3v) is 2.49. The van der Waals surface area contributed by atoms with E-state index in [2.05, 4.69) is 5.16 Å². The van der Waals surface area contributed by atoms with Crippen molar-refractivity contribution in [2.45, 2.75) is 13.3 Å². The van der Waals surface area contributed by atoms with Gasteiger partial charge in [-0.3, -0.25) is 4.79 Å². The summed E-state index contributed by atoms with van der Waals surface area (Å²) in [6.45, 7) is 2.22. The molecule has 0 N–H and O–H groups in total. The number of fused-ring (bicyclic) bond motifs is 1. The Labute approximate surface area is 110 Å². The molecule has 1 aromatic carbocycles. The van der Waals surface area contributed by atoms with E-state index in [4.69, 9.17) is 18.7 Å². The van der Waals surface area contributed by atoms with Gasteiger partial charge in [-0.05, 0) is 19.1 Å². The predicted octanol–water partition coefficient (Wildman–Crippen LogP) is 1.92. The molecule has 0 saturated heterocycles. The average Bonchev–Trinajstić information content (AvgIpc) is 2.80. The van der Waals surface area contributed by atoms with Crippen LogP contribution in [0.5, 0.6) is 5.75 Å². The highest BCUT2D eigenvalue weighted by atomic mass is 16.7. The van der Waals surface area contributed by atoms with Crippen molar-refractivity contribution >= 4 is 16.9 Å². The summed E-state index contributed by atoms with van der Waals surface area (Å²) >= 11 is 0. The highest BCUT2D eigenvalue weighted by Gasteiger charge is 2.15. The summed E-state index contributed by atoms with van der Waals surface area (Å²) in [5.41, 5.74) is 1.04. The second-order valence-corrected chi connectivity index (χ2v) is 3.79. The molecule has 6 nitrogen and oxygen atoms in total. The Bertz CT molecular complexity index is 563. The molecule has 0 fully saturated rings.